The maximum absolute atomic E-state index is 12.2. The van der Waals surface area contributed by atoms with E-state index in [1.807, 2.05) is 0 Å². The van der Waals surface area contributed by atoms with Crippen LogP contribution in [0.25, 0.3) is 0 Å². The van der Waals surface area contributed by atoms with Gasteiger partial charge in [-0.25, -0.2) is 19.0 Å². The molecule has 0 bridgehead atoms. The van der Waals surface area contributed by atoms with Crippen molar-refractivity contribution in [1.82, 2.24) is 9.13 Å². The Kier molecular flexibility index (Phi) is 4.84. The maximum Gasteiger partial charge on any atom is 0.332 e. The first kappa shape index (κ1) is 15.7. The van der Waals surface area contributed by atoms with Gasteiger partial charge in [0.2, 0.25) is 0 Å². The summed E-state index contributed by atoms with van der Waals surface area (Å²) in [4.78, 5) is 46.1. The molecule has 0 aromatic carbocycles. The zero-order valence-corrected chi connectivity index (χ0v) is 11.1. The molecule has 0 aliphatic carbocycles. The highest BCUT2D eigenvalue weighted by molar-refractivity contribution is 5.72. The molecule has 0 radical (unpaired) electrons. The van der Waals surface area contributed by atoms with Crippen molar-refractivity contribution in [3.63, 3.8) is 0 Å². The molecule has 8 heteroatoms. The van der Waals surface area contributed by atoms with E-state index in [1.54, 1.807) is 6.92 Å². The second kappa shape index (κ2) is 6.18. The summed E-state index contributed by atoms with van der Waals surface area (Å²) in [5.74, 6) is -2.53. The molecule has 1 rings (SSSR count). The zero-order valence-electron chi connectivity index (χ0n) is 11.1. The lowest BCUT2D eigenvalue weighted by molar-refractivity contribution is -0.141. The van der Waals surface area contributed by atoms with Crippen molar-refractivity contribution >= 4 is 11.9 Å². The van der Waals surface area contributed by atoms with Gasteiger partial charge in [0.15, 0.2) is 0 Å². The summed E-state index contributed by atoms with van der Waals surface area (Å²) >= 11 is 0. The highest BCUT2D eigenvalue weighted by atomic mass is 16.4. The lowest BCUT2D eigenvalue weighted by Gasteiger charge is -2.18. The molecule has 0 aliphatic rings. The van der Waals surface area contributed by atoms with Gasteiger partial charge in [-0.2, -0.15) is 0 Å². The van der Waals surface area contributed by atoms with Crippen molar-refractivity contribution < 1.29 is 19.8 Å². The highest BCUT2D eigenvalue weighted by Crippen LogP contribution is 2.10. The Morgan fingerprint density at radius 3 is 2.00 bits per heavy atom. The number of carboxylic acid groups (broad SMARTS) is 2. The molecular formula is C12H16N2O6. The van der Waals surface area contributed by atoms with Gasteiger partial charge in [-0.1, -0.05) is 13.8 Å². The van der Waals surface area contributed by atoms with E-state index in [1.165, 1.54) is 6.92 Å². The summed E-state index contributed by atoms with van der Waals surface area (Å²) in [5, 5.41) is 18.1. The fourth-order valence-corrected chi connectivity index (χ4v) is 1.99. The van der Waals surface area contributed by atoms with Crippen LogP contribution in [0.3, 0.4) is 0 Å². The van der Waals surface area contributed by atoms with E-state index in [2.05, 4.69) is 0 Å². The third kappa shape index (κ3) is 2.79. The van der Waals surface area contributed by atoms with Crippen LogP contribution in [0.2, 0.25) is 0 Å². The Bertz CT molecular complexity index is 630. The van der Waals surface area contributed by atoms with Gasteiger partial charge in [-0.15, -0.1) is 0 Å². The van der Waals surface area contributed by atoms with Crippen molar-refractivity contribution in [2.75, 3.05) is 0 Å². The molecule has 8 nitrogen and oxygen atoms in total. The van der Waals surface area contributed by atoms with Gasteiger partial charge in [-0.05, 0) is 12.8 Å². The summed E-state index contributed by atoms with van der Waals surface area (Å²) in [6.45, 7) is 3.10. The van der Waals surface area contributed by atoms with Gasteiger partial charge in [0.25, 0.3) is 5.56 Å². The minimum Gasteiger partial charge on any atom is -0.480 e. The Balaban J connectivity index is 3.56. The minimum absolute atomic E-state index is 0.0400. The molecule has 1 heterocycles. The molecule has 1 aromatic rings. The predicted molar refractivity (Wildman–Crippen MR) is 68.9 cm³/mol. The molecule has 110 valence electrons. The smallest absolute Gasteiger partial charge is 0.332 e. The second-order valence-electron chi connectivity index (χ2n) is 4.24. The van der Waals surface area contributed by atoms with Crippen LogP contribution in [0, 0.1) is 0 Å². The van der Waals surface area contributed by atoms with Crippen LogP contribution in [0.15, 0.2) is 21.9 Å². The Hall–Kier alpha value is -2.38. The lowest BCUT2D eigenvalue weighted by Crippen LogP contribution is -2.45. The average molecular weight is 284 g/mol. The van der Waals surface area contributed by atoms with Crippen molar-refractivity contribution in [3.05, 3.63) is 33.1 Å². The normalized spacial score (nSPS) is 13.7. The van der Waals surface area contributed by atoms with Crippen LogP contribution in [0.1, 0.15) is 38.8 Å². The number of aliphatic carboxylic acids is 2. The molecular weight excluding hydrogens is 268 g/mol. The summed E-state index contributed by atoms with van der Waals surface area (Å²) in [7, 11) is 0. The van der Waals surface area contributed by atoms with Crippen molar-refractivity contribution in [2.24, 2.45) is 0 Å². The SMILES string of the molecule is CCC(C(=O)O)n1ccc(=O)n(C(CC)C(=O)O)c1=O. The van der Waals surface area contributed by atoms with Crippen LogP contribution in [-0.4, -0.2) is 31.3 Å². The number of aromatic nitrogens is 2. The number of carbonyl (C=O) groups is 2. The van der Waals surface area contributed by atoms with E-state index in [4.69, 9.17) is 10.2 Å². The monoisotopic (exact) mass is 284 g/mol. The lowest BCUT2D eigenvalue weighted by atomic mass is 10.2. The fraction of sp³-hybridized carbons (Fsp3) is 0.500. The zero-order chi connectivity index (χ0) is 15.4. The standard InChI is InChI=1S/C12H16N2O6/c1-3-7(10(16)17)13-6-5-9(15)14(12(13)20)8(4-2)11(18)19/h5-8H,3-4H2,1-2H3,(H,16,17)(H,18,19). The first-order chi connectivity index (χ1) is 9.34. The van der Waals surface area contributed by atoms with E-state index in [0.29, 0.717) is 4.57 Å². The topological polar surface area (TPSA) is 119 Å². The molecule has 0 amide bonds. The number of hydrogen-bond donors (Lipinski definition) is 2. The van der Waals surface area contributed by atoms with Crippen molar-refractivity contribution in [1.29, 1.82) is 0 Å². The molecule has 2 atom stereocenters. The molecule has 0 saturated carbocycles. The summed E-state index contributed by atoms with van der Waals surface area (Å²) in [6, 6.07) is -1.45. The fourth-order valence-electron chi connectivity index (χ4n) is 1.99. The quantitative estimate of drug-likeness (QED) is 0.763. The minimum atomic E-state index is -1.31. The largest absolute Gasteiger partial charge is 0.480 e. The highest BCUT2D eigenvalue weighted by Gasteiger charge is 2.25. The third-order valence-corrected chi connectivity index (χ3v) is 3.03. The Labute approximate surface area is 113 Å². The summed E-state index contributed by atoms with van der Waals surface area (Å²) in [6.07, 6.45) is 1.26. The van der Waals surface area contributed by atoms with E-state index < -0.39 is 35.3 Å². The first-order valence-electron chi connectivity index (χ1n) is 6.14. The van der Waals surface area contributed by atoms with Gasteiger partial charge in [0.1, 0.15) is 12.1 Å². The Morgan fingerprint density at radius 2 is 1.60 bits per heavy atom. The number of rotatable bonds is 6. The third-order valence-electron chi connectivity index (χ3n) is 3.03. The summed E-state index contributed by atoms with van der Waals surface area (Å²) < 4.78 is 1.45. The molecule has 2 unspecified atom stereocenters. The molecule has 0 fully saturated rings. The van der Waals surface area contributed by atoms with E-state index in [-0.39, 0.29) is 12.8 Å². The van der Waals surface area contributed by atoms with Gasteiger partial charge in [0, 0.05) is 12.3 Å². The van der Waals surface area contributed by atoms with Gasteiger partial charge < -0.3 is 10.2 Å². The second-order valence-corrected chi connectivity index (χ2v) is 4.24. The molecule has 0 spiro atoms. The van der Waals surface area contributed by atoms with Crippen molar-refractivity contribution in [3.8, 4) is 0 Å². The van der Waals surface area contributed by atoms with Crippen LogP contribution in [-0.2, 0) is 9.59 Å². The van der Waals surface area contributed by atoms with Gasteiger partial charge >= 0.3 is 17.6 Å². The average Bonchev–Trinajstić information content (AvgIpc) is 2.37. The molecule has 0 aliphatic heterocycles. The molecule has 2 N–H and O–H groups in total. The van der Waals surface area contributed by atoms with Crippen LogP contribution in [0.5, 0.6) is 0 Å². The maximum atomic E-state index is 12.2. The van der Waals surface area contributed by atoms with Gasteiger partial charge in [-0.3, -0.25) is 9.36 Å². The van der Waals surface area contributed by atoms with Crippen LogP contribution >= 0.6 is 0 Å². The first-order valence-corrected chi connectivity index (χ1v) is 6.14. The van der Waals surface area contributed by atoms with E-state index in [9.17, 15) is 19.2 Å². The van der Waals surface area contributed by atoms with E-state index >= 15 is 0 Å². The van der Waals surface area contributed by atoms with E-state index in [0.717, 1.165) is 16.8 Å². The summed E-state index contributed by atoms with van der Waals surface area (Å²) in [5.41, 5.74) is -1.69. The number of carboxylic acids is 2. The van der Waals surface area contributed by atoms with Crippen LogP contribution in [0.4, 0.5) is 0 Å². The molecule has 20 heavy (non-hydrogen) atoms. The van der Waals surface area contributed by atoms with Gasteiger partial charge in [0.05, 0.1) is 0 Å². The van der Waals surface area contributed by atoms with Crippen LogP contribution < -0.4 is 11.2 Å². The number of nitrogens with zero attached hydrogens (tertiary/aromatic N) is 2. The predicted octanol–water partition coefficient (Wildman–Crippen LogP) is 0.0814. The molecule has 1 aromatic heterocycles. The van der Waals surface area contributed by atoms with Crippen molar-refractivity contribution in [2.45, 2.75) is 38.8 Å². The molecule has 0 saturated heterocycles. The number of hydrogen-bond acceptors (Lipinski definition) is 4. The Morgan fingerprint density at radius 1 is 1.10 bits per heavy atom.